The van der Waals surface area contributed by atoms with Gasteiger partial charge in [-0.25, -0.2) is 0 Å². The number of imide groups is 1. The van der Waals surface area contributed by atoms with Crippen LogP contribution in [0.2, 0.25) is 10.0 Å². The van der Waals surface area contributed by atoms with Gasteiger partial charge in [-0.3, -0.25) is 14.5 Å². The number of thioether (sulfide) groups is 1. The molecule has 0 radical (unpaired) electrons. The third kappa shape index (κ3) is 5.14. The van der Waals surface area contributed by atoms with Crippen LogP contribution in [0.1, 0.15) is 25.0 Å². The van der Waals surface area contributed by atoms with Gasteiger partial charge in [-0.2, -0.15) is 0 Å². The highest BCUT2D eigenvalue weighted by atomic mass is 79.9. The minimum absolute atomic E-state index is 0.264. The SMILES string of the molecule is CCOc1cc(/C=C2/SC(=O)N(CC)C2=O)cc(Br)c1OCc1ccc(Cl)c(Cl)c1. The monoisotopic (exact) mass is 529 g/mol. The fraction of sp³-hybridized carbons (Fsp3) is 0.238. The van der Waals surface area contributed by atoms with Crippen molar-refractivity contribution in [3.63, 3.8) is 0 Å². The van der Waals surface area contributed by atoms with Crippen LogP contribution in [-0.2, 0) is 11.4 Å². The van der Waals surface area contributed by atoms with Gasteiger partial charge in [0, 0.05) is 6.54 Å². The quantitative estimate of drug-likeness (QED) is 0.369. The minimum Gasteiger partial charge on any atom is -0.490 e. The van der Waals surface area contributed by atoms with E-state index in [0.717, 1.165) is 17.3 Å². The number of nitrogens with zero attached hydrogens (tertiary/aromatic N) is 1. The Hall–Kier alpha value is -1.67. The lowest BCUT2D eigenvalue weighted by atomic mass is 10.1. The molecule has 0 aromatic heterocycles. The van der Waals surface area contributed by atoms with Crippen molar-refractivity contribution in [2.75, 3.05) is 13.2 Å². The summed E-state index contributed by atoms with van der Waals surface area (Å²) in [6, 6.07) is 8.88. The van der Waals surface area contributed by atoms with E-state index in [0.29, 0.717) is 49.6 Å². The topological polar surface area (TPSA) is 55.8 Å². The number of carbonyl (C=O) groups excluding carboxylic acids is 2. The molecule has 2 aromatic rings. The fourth-order valence-corrected chi connectivity index (χ4v) is 4.58. The van der Waals surface area contributed by atoms with Gasteiger partial charge in [-0.05, 0) is 83.0 Å². The number of benzene rings is 2. The van der Waals surface area contributed by atoms with Crippen LogP contribution in [0.15, 0.2) is 39.7 Å². The van der Waals surface area contributed by atoms with Crippen molar-refractivity contribution in [1.29, 1.82) is 0 Å². The van der Waals surface area contributed by atoms with Gasteiger partial charge in [-0.15, -0.1) is 0 Å². The summed E-state index contributed by atoms with van der Waals surface area (Å²) in [5.41, 5.74) is 1.57. The molecule has 158 valence electrons. The molecule has 1 aliphatic rings. The zero-order chi connectivity index (χ0) is 21.8. The maximum Gasteiger partial charge on any atom is 0.293 e. The van der Waals surface area contributed by atoms with Gasteiger partial charge in [0.05, 0.1) is 26.0 Å². The number of carbonyl (C=O) groups is 2. The summed E-state index contributed by atoms with van der Waals surface area (Å²) in [6.07, 6.45) is 1.68. The Bertz CT molecular complexity index is 1030. The van der Waals surface area contributed by atoms with E-state index >= 15 is 0 Å². The molecule has 0 atom stereocenters. The van der Waals surface area contributed by atoms with Gasteiger partial charge in [0.2, 0.25) is 0 Å². The maximum atomic E-state index is 12.4. The van der Waals surface area contributed by atoms with E-state index in [1.54, 1.807) is 31.2 Å². The van der Waals surface area contributed by atoms with Crippen molar-refractivity contribution in [3.8, 4) is 11.5 Å². The average molecular weight is 531 g/mol. The van der Waals surface area contributed by atoms with E-state index in [9.17, 15) is 9.59 Å². The molecule has 1 heterocycles. The molecule has 5 nitrogen and oxygen atoms in total. The van der Waals surface area contributed by atoms with Gasteiger partial charge in [0.15, 0.2) is 11.5 Å². The predicted octanol–water partition coefficient (Wildman–Crippen LogP) is 6.79. The highest BCUT2D eigenvalue weighted by Crippen LogP contribution is 2.40. The second-order valence-electron chi connectivity index (χ2n) is 6.23. The van der Waals surface area contributed by atoms with E-state index in [2.05, 4.69) is 15.9 Å². The summed E-state index contributed by atoms with van der Waals surface area (Å²) in [4.78, 5) is 25.9. The van der Waals surface area contributed by atoms with Gasteiger partial charge in [-0.1, -0.05) is 29.3 Å². The summed E-state index contributed by atoms with van der Waals surface area (Å²) in [5, 5.41) is 0.672. The Kier molecular flexibility index (Phi) is 7.74. The average Bonchev–Trinajstić information content (AvgIpc) is 2.96. The summed E-state index contributed by atoms with van der Waals surface area (Å²) >= 11 is 16.5. The number of hydrogen-bond donors (Lipinski definition) is 0. The van der Waals surface area contributed by atoms with Gasteiger partial charge < -0.3 is 9.47 Å². The van der Waals surface area contributed by atoms with Gasteiger partial charge >= 0.3 is 0 Å². The first-order valence-corrected chi connectivity index (χ1v) is 11.5. The van der Waals surface area contributed by atoms with E-state index in [-0.39, 0.29) is 17.8 Å². The zero-order valence-electron chi connectivity index (χ0n) is 16.2. The lowest BCUT2D eigenvalue weighted by molar-refractivity contribution is -0.122. The molecule has 3 rings (SSSR count). The standard InChI is InChI=1S/C21H18BrCl2NO4S/c1-3-25-20(26)18(30-21(25)27)10-13-7-14(22)19(17(9-13)28-4-2)29-11-12-5-6-15(23)16(24)8-12/h5-10H,3-4,11H2,1-2H3/b18-10+. The molecule has 0 unspecified atom stereocenters. The summed E-state index contributed by atoms with van der Waals surface area (Å²) < 4.78 is 12.4. The molecule has 1 fully saturated rings. The van der Waals surface area contributed by atoms with Crippen molar-refractivity contribution in [2.24, 2.45) is 0 Å². The largest absolute Gasteiger partial charge is 0.490 e. The molecular weight excluding hydrogens is 513 g/mol. The summed E-state index contributed by atoms with van der Waals surface area (Å²) in [7, 11) is 0. The van der Waals surface area contributed by atoms with Crippen LogP contribution < -0.4 is 9.47 Å². The summed E-state index contributed by atoms with van der Waals surface area (Å²) in [6.45, 7) is 4.69. The molecule has 2 aromatic carbocycles. The Morgan fingerprint density at radius 2 is 1.87 bits per heavy atom. The number of rotatable bonds is 7. The van der Waals surface area contributed by atoms with Crippen LogP contribution in [0.3, 0.4) is 0 Å². The number of halogens is 3. The highest BCUT2D eigenvalue weighted by Gasteiger charge is 2.33. The molecule has 9 heteroatoms. The van der Waals surface area contributed by atoms with Crippen LogP contribution in [0.25, 0.3) is 6.08 Å². The zero-order valence-corrected chi connectivity index (χ0v) is 20.1. The molecule has 1 saturated heterocycles. The van der Waals surface area contributed by atoms with Crippen LogP contribution >= 0.6 is 50.9 Å². The van der Waals surface area contributed by atoms with E-state index in [1.165, 1.54) is 4.90 Å². The molecule has 2 amide bonds. The van der Waals surface area contributed by atoms with Crippen LogP contribution in [0, 0.1) is 0 Å². The number of amides is 2. The highest BCUT2D eigenvalue weighted by molar-refractivity contribution is 9.10. The third-order valence-electron chi connectivity index (χ3n) is 4.19. The van der Waals surface area contributed by atoms with Crippen LogP contribution in [-0.4, -0.2) is 29.2 Å². The Balaban J connectivity index is 1.87. The number of ether oxygens (including phenoxy) is 2. The first kappa shape index (κ1) is 23.0. The normalized spacial score (nSPS) is 15.2. The summed E-state index contributed by atoms with van der Waals surface area (Å²) in [5.74, 6) is 0.760. The molecule has 0 bridgehead atoms. The maximum absolute atomic E-state index is 12.4. The molecule has 1 aliphatic heterocycles. The molecular formula is C21H18BrCl2NO4S. The minimum atomic E-state index is -0.290. The lowest BCUT2D eigenvalue weighted by Gasteiger charge is -2.15. The van der Waals surface area contributed by atoms with Crippen molar-refractivity contribution in [1.82, 2.24) is 4.90 Å². The fourth-order valence-electron chi connectivity index (χ4n) is 2.78. The second-order valence-corrected chi connectivity index (χ2v) is 8.89. The lowest BCUT2D eigenvalue weighted by Crippen LogP contribution is -2.27. The van der Waals surface area contributed by atoms with Gasteiger partial charge in [0.1, 0.15) is 6.61 Å². The Morgan fingerprint density at radius 3 is 2.50 bits per heavy atom. The van der Waals surface area contributed by atoms with Crippen molar-refractivity contribution in [3.05, 3.63) is 60.9 Å². The second kappa shape index (κ2) is 10.1. The molecule has 30 heavy (non-hydrogen) atoms. The van der Waals surface area contributed by atoms with E-state index in [4.69, 9.17) is 32.7 Å². The Labute approximate surface area is 197 Å². The smallest absolute Gasteiger partial charge is 0.293 e. The van der Waals surface area contributed by atoms with E-state index < -0.39 is 0 Å². The third-order valence-corrected chi connectivity index (χ3v) is 6.42. The Morgan fingerprint density at radius 1 is 1.10 bits per heavy atom. The molecule has 0 aliphatic carbocycles. The predicted molar refractivity (Wildman–Crippen MR) is 124 cm³/mol. The van der Waals surface area contributed by atoms with Crippen molar-refractivity contribution in [2.45, 2.75) is 20.5 Å². The van der Waals surface area contributed by atoms with Gasteiger partial charge in [0.25, 0.3) is 11.1 Å². The van der Waals surface area contributed by atoms with Crippen LogP contribution in [0.5, 0.6) is 11.5 Å². The first-order valence-electron chi connectivity index (χ1n) is 9.12. The van der Waals surface area contributed by atoms with Crippen molar-refractivity contribution >= 4 is 68.1 Å². The molecule has 0 spiro atoms. The molecule has 0 saturated carbocycles. The van der Waals surface area contributed by atoms with E-state index in [1.807, 2.05) is 19.1 Å². The van der Waals surface area contributed by atoms with Crippen molar-refractivity contribution < 1.29 is 19.1 Å². The number of hydrogen-bond acceptors (Lipinski definition) is 5. The molecule has 0 N–H and O–H groups in total. The number of likely N-dealkylation sites (N-methyl/N-ethyl adjacent to an activating group) is 1. The first-order chi connectivity index (χ1) is 14.3. The van der Waals surface area contributed by atoms with Crippen LogP contribution in [0.4, 0.5) is 4.79 Å².